The molecule has 2 rings (SSSR count). The molecule has 1 unspecified atom stereocenters. The number of carbonyl (C=O) groups is 1. The molecule has 0 aliphatic rings. The maximum Gasteiger partial charge on any atom is 0.224 e. The Balaban J connectivity index is 2.02. The molecular formula is C20H25NO2. The first kappa shape index (κ1) is 17.1. The lowest BCUT2D eigenvalue weighted by Crippen LogP contribution is -2.28. The van der Waals surface area contributed by atoms with E-state index in [0.717, 1.165) is 22.4 Å². The molecule has 2 aromatic carbocycles. The van der Waals surface area contributed by atoms with Crippen LogP contribution in [0.1, 0.15) is 42.1 Å². The van der Waals surface area contributed by atoms with Crippen LogP contribution in [0.2, 0.25) is 0 Å². The zero-order valence-electron chi connectivity index (χ0n) is 14.3. The van der Waals surface area contributed by atoms with Crippen LogP contribution in [0.4, 0.5) is 0 Å². The van der Waals surface area contributed by atoms with Crippen LogP contribution in [0.25, 0.3) is 0 Å². The average molecular weight is 311 g/mol. The molecule has 0 saturated carbocycles. The second kappa shape index (κ2) is 7.82. The minimum atomic E-state index is -0.0481. The van der Waals surface area contributed by atoms with Gasteiger partial charge >= 0.3 is 0 Å². The first-order valence-electron chi connectivity index (χ1n) is 8.08. The maximum atomic E-state index is 12.3. The topological polar surface area (TPSA) is 38.3 Å². The number of benzene rings is 2. The van der Waals surface area contributed by atoms with Gasteiger partial charge in [-0.1, -0.05) is 35.9 Å². The maximum absolute atomic E-state index is 12.3. The second-order valence-electron chi connectivity index (χ2n) is 5.90. The summed E-state index contributed by atoms with van der Waals surface area (Å²) >= 11 is 0. The molecule has 3 heteroatoms. The number of carbonyl (C=O) groups excluding carboxylic acids is 1. The van der Waals surface area contributed by atoms with Crippen molar-refractivity contribution in [2.24, 2.45) is 0 Å². The number of nitrogens with one attached hydrogen (secondary N) is 1. The Bertz CT molecular complexity index is 679. The summed E-state index contributed by atoms with van der Waals surface area (Å²) in [5, 5.41) is 3.07. The third-order valence-electron chi connectivity index (χ3n) is 3.90. The molecule has 23 heavy (non-hydrogen) atoms. The van der Waals surface area contributed by atoms with Gasteiger partial charge in [-0.3, -0.25) is 4.79 Å². The Morgan fingerprint density at radius 2 is 1.96 bits per heavy atom. The molecular weight excluding hydrogens is 286 g/mol. The van der Waals surface area contributed by atoms with Gasteiger partial charge in [0.05, 0.1) is 19.1 Å². The van der Waals surface area contributed by atoms with Gasteiger partial charge in [0.2, 0.25) is 5.91 Å². The van der Waals surface area contributed by atoms with Gasteiger partial charge in [0.25, 0.3) is 0 Å². The Morgan fingerprint density at radius 1 is 1.17 bits per heavy atom. The highest BCUT2D eigenvalue weighted by molar-refractivity contribution is 5.79. The highest BCUT2D eigenvalue weighted by Gasteiger charge is 2.12. The number of hydrogen-bond acceptors (Lipinski definition) is 2. The van der Waals surface area contributed by atoms with Crippen molar-refractivity contribution in [2.45, 2.75) is 40.2 Å². The van der Waals surface area contributed by atoms with Gasteiger partial charge in [0, 0.05) is 0 Å². The van der Waals surface area contributed by atoms with Gasteiger partial charge in [-0.25, -0.2) is 0 Å². The number of amides is 1. The number of ether oxygens (including phenoxy) is 1. The monoisotopic (exact) mass is 311 g/mol. The Kier molecular flexibility index (Phi) is 5.80. The van der Waals surface area contributed by atoms with Gasteiger partial charge in [-0.15, -0.1) is 0 Å². The largest absolute Gasteiger partial charge is 0.494 e. The summed E-state index contributed by atoms with van der Waals surface area (Å²) in [7, 11) is 0. The van der Waals surface area contributed by atoms with Crippen molar-refractivity contribution >= 4 is 5.91 Å². The molecule has 1 N–H and O–H groups in total. The molecule has 2 aromatic rings. The predicted octanol–water partition coefficient (Wildman–Crippen LogP) is 4.12. The number of aryl methyl sites for hydroxylation is 2. The first-order valence-corrected chi connectivity index (χ1v) is 8.08. The van der Waals surface area contributed by atoms with Crippen molar-refractivity contribution in [1.82, 2.24) is 5.32 Å². The molecule has 122 valence electrons. The lowest BCUT2D eigenvalue weighted by Gasteiger charge is -2.16. The van der Waals surface area contributed by atoms with E-state index < -0.39 is 0 Å². The van der Waals surface area contributed by atoms with Crippen LogP contribution < -0.4 is 10.1 Å². The minimum Gasteiger partial charge on any atom is -0.494 e. The molecule has 3 nitrogen and oxygen atoms in total. The Hall–Kier alpha value is -2.29. The van der Waals surface area contributed by atoms with Crippen molar-refractivity contribution in [2.75, 3.05) is 6.61 Å². The Labute approximate surface area is 138 Å². The highest BCUT2D eigenvalue weighted by Crippen LogP contribution is 2.19. The van der Waals surface area contributed by atoms with Gasteiger partial charge in [0.1, 0.15) is 5.75 Å². The van der Waals surface area contributed by atoms with Gasteiger partial charge in [0.15, 0.2) is 0 Å². The van der Waals surface area contributed by atoms with E-state index in [1.807, 2.05) is 52.0 Å². The van der Waals surface area contributed by atoms with E-state index in [-0.39, 0.29) is 11.9 Å². The fraction of sp³-hybridized carbons (Fsp3) is 0.350. The molecule has 0 aliphatic heterocycles. The van der Waals surface area contributed by atoms with Crippen LogP contribution in [0.3, 0.4) is 0 Å². The zero-order chi connectivity index (χ0) is 16.8. The third-order valence-corrected chi connectivity index (χ3v) is 3.90. The van der Waals surface area contributed by atoms with Crippen LogP contribution in [0.15, 0.2) is 42.5 Å². The fourth-order valence-electron chi connectivity index (χ4n) is 2.58. The lowest BCUT2D eigenvalue weighted by molar-refractivity contribution is -0.121. The van der Waals surface area contributed by atoms with Gasteiger partial charge in [-0.2, -0.15) is 0 Å². The fourth-order valence-corrected chi connectivity index (χ4v) is 2.58. The lowest BCUT2D eigenvalue weighted by atomic mass is 10.0. The van der Waals surface area contributed by atoms with Gasteiger partial charge in [-0.05, 0) is 56.5 Å². The molecule has 0 radical (unpaired) electrons. The summed E-state index contributed by atoms with van der Waals surface area (Å²) < 4.78 is 5.51. The highest BCUT2D eigenvalue weighted by atomic mass is 16.5. The summed E-state index contributed by atoms with van der Waals surface area (Å²) in [6.45, 7) is 8.67. The normalized spacial score (nSPS) is 11.8. The third kappa shape index (κ3) is 4.85. The molecule has 1 atom stereocenters. The second-order valence-corrected chi connectivity index (χ2v) is 5.90. The SMILES string of the molecule is CCOc1cccc(C(C)NC(=O)Cc2cc(C)ccc2C)c1. The Morgan fingerprint density at radius 3 is 2.70 bits per heavy atom. The van der Waals surface area contributed by atoms with Crippen molar-refractivity contribution in [3.63, 3.8) is 0 Å². The summed E-state index contributed by atoms with van der Waals surface area (Å²) in [6, 6.07) is 14.0. The van der Waals surface area contributed by atoms with Crippen molar-refractivity contribution in [3.05, 3.63) is 64.7 Å². The van der Waals surface area contributed by atoms with E-state index in [1.165, 1.54) is 5.56 Å². The van der Waals surface area contributed by atoms with Crippen LogP contribution in [0.5, 0.6) is 5.75 Å². The van der Waals surface area contributed by atoms with Crippen LogP contribution in [-0.4, -0.2) is 12.5 Å². The first-order chi connectivity index (χ1) is 11.0. The van der Waals surface area contributed by atoms with Gasteiger partial charge < -0.3 is 10.1 Å². The summed E-state index contributed by atoms with van der Waals surface area (Å²) in [5.74, 6) is 0.869. The van der Waals surface area contributed by atoms with E-state index in [0.29, 0.717) is 13.0 Å². The van der Waals surface area contributed by atoms with Crippen molar-refractivity contribution in [1.29, 1.82) is 0 Å². The molecule has 0 spiro atoms. The van der Waals surface area contributed by atoms with Crippen molar-refractivity contribution in [3.8, 4) is 5.75 Å². The molecule has 1 amide bonds. The van der Waals surface area contributed by atoms with Crippen LogP contribution >= 0.6 is 0 Å². The predicted molar refractivity (Wildman–Crippen MR) is 93.8 cm³/mol. The van der Waals surface area contributed by atoms with E-state index in [1.54, 1.807) is 0 Å². The molecule has 0 heterocycles. The van der Waals surface area contributed by atoms with E-state index >= 15 is 0 Å². The van der Waals surface area contributed by atoms with E-state index in [9.17, 15) is 4.79 Å². The summed E-state index contributed by atoms with van der Waals surface area (Å²) in [4.78, 5) is 12.3. The quantitative estimate of drug-likeness (QED) is 0.871. The molecule has 0 aromatic heterocycles. The number of rotatable bonds is 6. The zero-order valence-corrected chi connectivity index (χ0v) is 14.3. The average Bonchev–Trinajstić information content (AvgIpc) is 2.51. The summed E-state index contributed by atoms with van der Waals surface area (Å²) in [6.07, 6.45) is 0.406. The van der Waals surface area contributed by atoms with E-state index in [4.69, 9.17) is 4.74 Å². The molecule has 0 fully saturated rings. The van der Waals surface area contributed by atoms with E-state index in [2.05, 4.69) is 23.5 Å². The van der Waals surface area contributed by atoms with Crippen LogP contribution in [-0.2, 0) is 11.2 Å². The smallest absolute Gasteiger partial charge is 0.224 e. The van der Waals surface area contributed by atoms with Crippen molar-refractivity contribution < 1.29 is 9.53 Å². The minimum absolute atomic E-state index is 0.0352. The van der Waals surface area contributed by atoms with Crippen LogP contribution in [0, 0.1) is 13.8 Å². The molecule has 0 saturated heterocycles. The standard InChI is InChI=1S/C20H25NO2/c1-5-23-19-8-6-7-17(12-19)16(4)21-20(22)13-18-11-14(2)9-10-15(18)3/h6-12,16H,5,13H2,1-4H3,(H,21,22). The number of hydrogen-bond donors (Lipinski definition) is 1. The molecule has 0 bridgehead atoms. The molecule has 0 aliphatic carbocycles. The summed E-state index contributed by atoms with van der Waals surface area (Å²) in [5.41, 5.74) is 4.45.